The Bertz CT molecular complexity index is 330. The fourth-order valence-electron chi connectivity index (χ4n) is 2.21. The lowest BCUT2D eigenvalue weighted by molar-refractivity contribution is 0.412. The molecule has 14 heavy (non-hydrogen) atoms. The third-order valence-corrected chi connectivity index (χ3v) is 4.01. The van der Waals surface area contributed by atoms with Gasteiger partial charge in [0.1, 0.15) is 0 Å². The number of halogens is 1. The molecule has 1 aliphatic carbocycles. The van der Waals surface area contributed by atoms with Crippen LogP contribution in [0.1, 0.15) is 38.9 Å². The van der Waals surface area contributed by atoms with E-state index >= 15 is 0 Å². The molecule has 1 heterocycles. The van der Waals surface area contributed by atoms with Crippen molar-refractivity contribution in [1.29, 1.82) is 0 Å². The Morgan fingerprint density at radius 1 is 1.71 bits per heavy atom. The number of aromatic nitrogens is 2. The maximum absolute atomic E-state index is 4.33. The highest BCUT2D eigenvalue weighted by Gasteiger charge is 2.49. The summed E-state index contributed by atoms with van der Waals surface area (Å²) in [5.41, 5.74) is 1.66. The molecule has 1 fully saturated rings. The van der Waals surface area contributed by atoms with Gasteiger partial charge in [0.05, 0.1) is 12.0 Å². The first-order chi connectivity index (χ1) is 6.54. The van der Waals surface area contributed by atoms with E-state index in [0.29, 0.717) is 11.5 Å². The van der Waals surface area contributed by atoms with E-state index in [2.05, 4.69) is 52.4 Å². The first-order valence-electron chi connectivity index (χ1n) is 5.13. The largest absolute Gasteiger partial charge is 0.334 e. The first-order valence-corrected chi connectivity index (χ1v) is 6.25. The summed E-state index contributed by atoms with van der Waals surface area (Å²) in [5.74, 6) is 0.819. The van der Waals surface area contributed by atoms with Gasteiger partial charge >= 0.3 is 0 Å². The van der Waals surface area contributed by atoms with E-state index in [1.807, 2.05) is 6.33 Å². The molecule has 1 aromatic rings. The lowest BCUT2D eigenvalue weighted by Crippen LogP contribution is -2.08. The van der Waals surface area contributed by atoms with E-state index in [1.165, 1.54) is 6.42 Å². The fourth-order valence-corrected chi connectivity index (χ4v) is 2.50. The summed E-state index contributed by atoms with van der Waals surface area (Å²) >= 11 is 3.42. The standard InChI is InChI=1S/C11H17BrN2/c1-8(10-4-11(10,2)3)14-6-9(5-12)13-7-14/h6-8,10H,4-5H2,1-3H3. The number of nitrogens with zero attached hydrogens (tertiary/aromatic N) is 2. The molecule has 1 aromatic heterocycles. The maximum atomic E-state index is 4.33. The number of hydrogen-bond donors (Lipinski definition) is 0. The minimum atomic E-state index is 0.540. The third kappa shape index (κ3) is 1.74. The van der Waals surface area contributed by atoms with Gasteiger partial charge in [0, 0.05) is 17.6 Å². The molecule has 2 nitrogen and oxygen atoms in total. The van der Waals surface area contributed by atoms with Crippen LogP contribution in [-0.4, -0.2) is 9.55 Å². The molecule has 0 saturated heterocycles. The van der Waals surface area contributed by atoms with Crippen LogP contribution < -0.4 is 0 Å². The summed E-state index contributed by atoms with van der Waals surface area (Å²) < 4.78 is 2.25. The molecule has 0 aromatic carbocycles. The van der Waals surface area contributed by atoms with Crippen LogP contribution in [-0.2, 0) is 5.33 Å². The van der Waals surface area contributed by atoms with E-state index in [-0.39, 0.29) is 0 Å². The summed E-state index contributed by atoms with van der Waals surface area (Å²) in [4.78, 5) is 4.33. The highest BCUT2D eigenvalue weighted by Crippen LogP contribution is 2.57. The Morgan fingerprint density at radius 2 is 2.36 bits per heavy atom. The topological polar surface area (TPSA) is 17.8 Å². The molecule has 0 bridgehead atoms. The average molecular weight is 257 g/mol. The van der Waals surface area contributed by atoms with Crippen LogP contribution in [0.25, 0.3) is 0 Å². The Balaban J connectivity index is 2.08. The Kier molecular flexibility index (Phi) is 2.46. The number of hydrogen-bond acceptors (Lipinski definition) is 1. The van der Waals surface area contributed by atoms with Gasteiger partial charge in [0.25, 0.3) is 0 Å². The van der Waals surface area contributed by atoms with Gasteiger partial charge in [-0.3, -0.25) is 0 Å². The first kappa shape index (κ1) is 10.2. The molecule has 0 amide bonds. The van der Waals surface area contributed by atoms with Crippen LogP contribution in [0.5, 0.6) is 0 Å². The lowest BCUT2D eigenvalue weighted by Gasteiger charge is -2.14. The van der Waals surface area contributed by atoms with Crippen molar-refractivity contribution < 1.29 is 0 Å². The van der Waals surface area contributed by atoms with Crippen molar-refractivity contribution in [3.8, 4) is 0 Å². The third-order valence-electron chi connectivity index (χ3n) is 3.43. The Morgan fingerprint density at radius 3 is 2.79 bits per heavy atom. The van der Waals surface area contributed by atoms with Crippen molar-refractivity contribution in [3.05, 3.63) is 18.2 Å². The van der Waals surface area contributed by atoms with E-state index in [0.717, 1.165) is 16.9 Å². The van der Waals surface area contributed by atoms with Gasteiger partial charge in [-0.25, -0.2) is 4.98 Å². The molecule has 0 aliphatic heterocycles. The zero-order chi connectivity index (χ0) is 10.3. The molecule has 2 rings (SSSR count). The van der Waals surface area contributed by atoms with Crippen LogP contribution in [0.3, 0.4) is 0 Å². The van der Waals surface area contributed by atoms with E-state index in [4.69, 9.17) is 0 Å². The zero-order valence-corrected chi connectivity index (χ0v) is 10.6. The second-order valence-corrected chi connectivity index (χ2v) is 5.55. The minimum absolute atomic E-state index is 0.540. The molecule has 0 N–H and O–H groups in total. The number of alkyl halides is 1. The van der Waals surface area contributed by atoms with Crippen molar-refractivity contribution in [2.24, 2.45) is 11.3 Å². The van der Waals surface area contributed by atoms with Crippen LogP contribution >= 0.6 is 15.9 Å². The quantitative estimate of drug-likeness (QED) is 0.759. The molecule has 0 radical (unpaired) electrons. The summed E-state index contributed by atoms with van der Waals surface area (Å²) in [6.45, 7) is 6.98. The zero-order valence-electron chi connectivity index (χ0n) is 9.00. The van der Waals surface area contributed by atoms with Crippen molar-refractivity contribution in [3.63, 3.8) is 0 Å². The van der Waals surface area contributed by atoms with Gasteiger partial charge in [0.15, 0.2) is 0 Å². The van der Waals surface area contributed by atoms with Gasteiger partial charge in [-0.1, -0.05) is 29.8 Å². The SMILES string of the molecule is CC(C1CC1(C)C)n1cnc(CBr)c1. The molecule has 0 spiro atoms. The maximum Gasteiger partial charge on any atom is 0.0952 e. The highest BCUT2D eigenvalue weighted by molar-refractivity contribution is 9.08. The predicted octanol–water partition coefficient (Wildman–Crippen LogP) is 3.39. The molecule has 2 unspecified atom stereocenters. The van der Waals surface area contributed by atoms with Crippen LogP contribution in [0, 0.1) is 11.3 Å². The smallest absolute Gasteiger partial charge is 0.0952 e. The second-order valence-electron chi connectivity index (χ2n) is 4.99. The normalized spacial score (nSPS) is 26.1. The van der Waals surface area contributed by atoms with Gasteiger partial charge in [-0.05, 0) is 24.7 Å². The predicted molar refractivity (Wildman–Crippen MR) is 61.5 cm³/mol. The minimum Gasteiger partial charge on any atom is -0.334 e. The summed E-state index contributed by atoms with van der Waals surface area (Å²) in [6, 6.07) is 0.588. The Labute approximate surface area is 93.9 Å². The fraction of sp³-hybridized carbons (Fsp3) is 0.727. The van der Waals surface area contributed by atoms with Gasteiger partial charge < -0.3 is 4.57 Å². The van der Waals surface area contributed by atoms with Gasteiger partial charge in [-0.15, -0.1) is 0 Å². The summed E-state index contributed by atoms with van der Waals surface area (Å²) in [6.07, 6.45) is 5.44. The molecule has 1 aliphatic rings. The second kappa shape index (κ2) is 3.37. The van der Waals surface area contributed by atoms with Gasteiger partial charge in [-0.2, -0.15) is 0 Å². The van der Waals surface area contributed by atoms with Crippen LogP contribution in [0.4, 0.5) is 0 Å². The molecule has 78 valence electrons. The van der Waals surface area contributed by atoms with Gasteiger partial charge in [0.2, 0.25) is 0 Å². The number of imidazole rings is 1. The van der Waals surface area contributed by atoms with E-state index < -0.39 is 0 Å². The number of rotatable bonds is 3. The Hall–Kier alpha value is -0.310. The molecular weight excluding hydrogens is 240 g/mol. The van der Waals surface area contributed by atoms with Crippen molar-refractivity contribution in [1.82, 2.24) is 9.55 Å². The highest BCUT2D eigenvalue weighted by atomic mass is 79.9. The molecule has 1 saturated carbocycles. The average Bonchev–Trinajstić information content (AvgIpc) is 2.64. The monoisotopic (exact) mass is 256 g/mol. The molecular formula is C11H17BrN2. The van der Waals surface area contributed by atoms with Crippen molar-refractivity contribution >= 4 is 15.9 Å². The lowest BCUT2D eigenvalue weighted by atomic mass is 10.1. The van der Waals surface area contributed by atoms with E-state index in [9.17, 15) is 0 Å². The van der Waals surface area contributed by atoms with Crippen LogP contribution in [0.2, 0.25) is 0 Å². The molecule has 3 heteroatoms. The summed E-state index contributed by atoms with van der Waals surface area (Å²) in [7, 11) is 0. The van der Waals surface area contributed by atoms with Crippen molar-refractivity contribution in [2.45, 2.75) is 38.6 Å². The summed E-state index contributed by atoms with van der Waals surface area (Å²) in [5, 5.41) is 0.848. The van der Waals surface area contributed by atoms with Crippen molar-refractivity contribution in [2.75, 3.05) is 0 Å². The van der Waals surface area contributed by atoms with E-state index in [1.54, 1.807) is 0 Å². The van der Waals surface area contributed by atoms with Crippen LogP contribution in [0.15, 0.2) is 12.5 Å². The molecule has 2 atom stereocenters.